The SMILES string of the molecule is C1CCNC1.CC.CC.CC.CC.CC.CC.CC1CN(P)CC1=O.O=c1[nH]c2c(c(=O)[nH]1)CN(P)C2.PN1Cc2nc(Cl)nc(Cl)c2C1.PN1Cc2nc(Cl)nc(N3CCCC3)c2C1. The lowest BCUT2D eigenvalue weighted by molar-refractivity contribution is -0.119. The average molecular weight is 1050 g/mol. The number of halogens is 3. The van der Waals surface area contributed by atoms with Crippen LogP contribution in [0.1, 0.15) is 149 Å². The highest BCUT2D eigenvalue weighted by Crippen LogP contribution is 2.33. The largest absolute Gasteiger partial charge is 0.356 e. The van der Waals surface area contributed by atoms with E-state index in [1.54, 1.807) is 0 Å². The van der Waals surface area contributed by atoms with Crippen LogP contribution in [0, 0.1) is 5.92 Å². The lowest BCUT2D eigenvalue weighted by Crippen LogP contribution is -2.25. The third-order valence-corrected chi connectivity index (χ3v) is 11.3. The van der Waals surface area contributed by atoms with Crippen LogP contribution in [0.3, 0.4) is 0 Å². The molecule has 5 atom stereocenters. The molecule has 9 rings (SSSR count). The maximum absolute atomic E-state index is 11.2. The Balaban J connectivity index is 0. The molecule has 0 radical (unpaired) electrons. The Bertz CT molecular complexity index is 1870. The first kappa shape index (κ1) is 65.8. The first-order valence-electron chi connectivity index (χ1n) is 23.3. The van der Waals surface area contributed by atoms with Crippen LogP contribution in [0.15, 0.2) is 9.59 Å². The monoisotopic (exact) mass is 1040 g/mol. The second-order valence-corrected chi connectivity index (χ2v) is 17.4. The fourth-order valence-corrected chi connectivity index (χ4v) is 8.69. The van der Waals surface area contributed by atoms with Gasteiger partial charge in [-0.25, -0.2) is 24.7 Å². The quantitative estimate of drug-likeness (QED) is 0.120. The molecule has 22 heteroatoms. The summed E-state index contributed by atoms with van der Waals surface area (Å²) in [6.45, 7) is 36.7. The molecule has 0 aromatic carbocycles. The molecule has 0 saturated carbocycles. The molecule has 374 valence electrons. The van der Waals surface area contributed by atoms with Gasteiger partial charge in [0.1, 0.15) is 11.0 Å². The minimum absolute atomic E-state index is 0.221. The second-order valence-electron chi connectivity index (χ2n) is 13.5. The smallest absolute Gasteiger partial charge is 0.325 e. The van der Waals surface area contributed by atoms with Gasteiger partial charge in [0.05, 0.1) is 23.5 Å². The first-order valence-corrected chi connectivity index (χ1v) is 26.5. The van der Waals surface area contributed by atoms with Gasteiger partial charge in [-0.05, 0) is 62.0 Å². The van der Waals surface area contributed by atoms with Crippen LogP contribution in [0.25, 0.3) is 0 Å². The van der Waals surface area contributed by atoms with Gasteiger partial charge in [0.15, 0.2) is 5.78 Å². The number of Topliss-reactive ketones (excluding diaryl/α,β-unsaturated/α-hetero) is 1. The van der Waals surface area contributed by atoms with Crippen LogP contribution < -0.4 is 21.5 Å². The summed E-state index contributed by atoms with van der Waals surface area (Å²) in [6, 6.07) is 0. The Labute approximate surface area is 415 Å². The number of hydrogen-bond donors (Lipinski definition) is 3. The van der Waals surface area contributed by atoms with Crippen molar-refractivity contribution in [1.82, 2.24) is 53.9 Å². The lowest BCUT2D eigenvalue weighted by atomic mass is 10.1. The summed E-state index contributed by atoms with van der Waals surface area (Å²) in [5.74, 6) is 1.67. The maximum atomic E-state index is 11.2. The predicted molar refractivity (Wildman–Crippen MR) is 291 cm³/mol. The number of anilines is 1. The van der Waals surface area contributed by atoms with Gasteiger partial charge in [-0.1, -0.05) is 139 Å². The van der Waals surface area contributed by atoms with Crippen molar-refractivity contribution in [1.29, 1.82) is 0 Å². The number of carbonyl (C=O) groups excluding carboxylic acids is 1. The number of ketones is 1. The number of nitrogens with zero attached hydrogens (tertiary/aromatic N) is 9. The Morgan fingerprint density at radius 2 is 1.00 bits per heavy atom. The molecular formula is C43H83Cl3N12O3P4. The van der Waals surface area contributed by atoms with Crippen molar-refractivity contribution in [2.75, 3.05) is 44.2 Å². The molecule has 0 aliphatic carbocycles. The van der Waals surface area contributed by atoms with Gasteiger partial charge in [0.25, 0.3) is 5.56 Å². The number of nitrogens with one attached hydrogen (secondary N) is 3. The van der Waals surface area contributed by atoms with Crippen molar-refractivity contribution < 1.29 is 4.79 Å². The minimum atomic E-state index is -0.431. The number of H-pyrrole nitrogens is 2. The third kappa shape index (κ3) is 23.7. The highest BCUT2D eigenvalue weighted by Gasteiger charge is 2.27. The standard InChI is InChI=1S/C10H14ClN4P.C6H6Cl2N3P.C6H8N3O2P.C5H10NOP.C4H9N.6C2H6/c11-10-12-8-6-15(16)5-7(8)9(13-10)14-3-1-2-4-14;7-5-3-1-11(12)2-4(3)9-6(8)10-5;10-5-3-1-9(12)2-4(3)7-6(11)8-5;1-4-2-6(8)3-5(4)7;1-2-4-5-3-1;6*1-2/h1-6,16H2;1-2,12H2;1-2,12H2,(H2,7,8,10,11);4H,2-3,8H2,1H3;5H,1-4H2;6*1-2H3. The summed E-state index contributed by atoms with van der Waals surface area (Å²) in [5, 5.41) is 4.29. The van der Waals surface area contributed by atoms with Crippen LogP contribution in [-0.2, 0) is 44.1 Å². The lowest BCUT2D eigenvalue weighted by Gasteiger charge is -2.19. The van der Waals surface area contributed by atoms with E-state index in [4.69, 9.17) is 34.8 Å². The summed E-state index contributed by atoms with van der Waals surface area (Å²) in [4.78, 5) is 56.5. The second kappa shape index (κ2) is 38.5. The highest BCUT2D eigenvalue weighted by molar-refractivity contribution is 7.13. The number of carbonyl (C=O) groups is 1. The molecule has 3 saturated heterocycles. The van der Waals surface area contributed by atoms with Gasteiger partial charge in [-0.15, -0.1) is 0 Å². The van der Waals surface area contributed by atoms with Crippen LogP contribution in [0.5, 0.6) is 0 Å². The molecule has 3 N–H and O–H groups in total. The molecule has 15 nitrogen and oxygen atoms in total. The van der Waals surface area contributed by atoms with E-state index in [2.05, 4.69) is 82.4 Å². The highest BCUT2D eigenvalue weighted by atomic mass is 35.5. The Hall–Kier alpha value is -1.30. The normalized spacial score (nSPS) is 17.4. The number of rotatable bonds is 1. The Kier molecular flexibility index (Phi) is 39.0. The van der Waals surface area contributed by atoms with Crippen LogP contribution in [0.2, 0.25) is 15.7 Å². The zero-order chi connectivity index (χ0) is 50.2. The Morgan fingerprint density at radius 3 is 1.45 bits per heavy atom. The zero-order valence-electron chi connectivity index (χ0n) is 41.6. The molecule has 9 heterocycles. The first-order chi connectivity index (χ1) is 31.3. The molecule has 3 fully saturated rings. The molecule has 65 heavy (non-hydrogen) atoms. The van der Waals surface area contributed by atoms with Gasteiger partial charge in [-0.3, -0.25) is 33.3 Å². The van der Waals surface area contributed by atoms with E-state index in [1.165, 1.54) is 44.3 Å². The van der Waals surface area contributed by atoms with Crippen molar-refractivity contribution in [2.24, 2.45) is 5.92 Å². The molecule has 5 unspecified atom stereocenters. The van der Waals surface area contributed by atoms with Crippen molar-refractivity contribution in [3.8, 4) is 0 Å². The summed E-state index contributed by atoms with van der Waals surface area (Å²) < 4.78 is 8.04. The van der Waals surface area contributed by atoms with Gasteiger partial charge in [-0.2, -0.15) is 0 Å². The number of aromatic amines is 2. The van der Waals surface area contributed by atoms with Gasteiger partial charge in [0.2, 0.25) is 10.6 Å². The minimum Gasteiger partial charge on any atom is -0.356 e. The van der Waals surface area contributed by atoms with E-state index < -0.39 is 5.69 Å². The summed E-state index contributed by atoms with van der Waals surface area (Å²) in [5.41, 5.74) is 4.91. The van der Waals surface area contributed by atoms with Crippen molar-refractivity contribution in [2.45, 2.75) is 155 Å². The van der Waals surface area contributed by atoms with E-state index in [0.717, 1.165) is 74.3 Å². The van der Waals surface area contributed by atoms with E-state index in [0.29, 0.717) is 41.4 Å². The van der Waals surface area contributed by atoms with Gasteiger partial charge in [0, 0.05) is 81.6 Å². The number of hydrogen-bond acceptors (Lipinski definition) is 13. The molecule has 3 aromatic rings. The van der Waals surface area contributed by atoms with Crippen LogP contribution >= 0.6 is 72.4 Å². The van der Waals surface area contributed by atoms with E-state index in [9.17, 15) is 14.4 Å². The molecule has 0 spiro atoms. The fourth-order valence-electron chi connectivity index (χ4n) is 6.46. The van der Waals surface area contributed by atoms with Crippen molar-refractivity contribution in [3.63, 3.8) is 0 Å². The molecule has 3 aromatic heterocycles. The van der Waals surface area contributed by atoms with Gasteiger partial charge < -0.3 is 15.2 Å². The van der Waals surface area contributed by atoms with E-state index >= 15 is 0 Å². The molecular weight excluding hydrogens is 963 g/mol. The van der Waals surface area contributed by atoms with Crippen LogP contribution in [-0.4, -0.2) is 93.6 Å². The van der Waals surface area contributed by atoms with Crippen LogP contribution in [0.4, 0.5) is 5.82 Å². The third-order valence-electron chi connectivity index (χ3n) is 9.12. The zero-order valence-corrected chi connectivity index (χ0v) is 48.5. The molecule has 6 aliphatic heterocycles. The molecule has 0 amide bonds. The topological polar surface area (TPSA) is 163 Å². The fraction of sp³-hybridized carbons (Fsp3) is 0.698. The maximum Gasteiger partial charge on any atom is 0.325 e. The molecule has 0 bridgehead atoms. The van der Waals surface area contributed by atoms with Gasteiger partial charge >= 0.3 is 5.69 Å². The number of fused-ring (bicyclic) bond motifs is 3. The Morgan fingerprint density at radius 1 is 0.538 bits per heavy atom. The van der Waals surface area contributed by atoms with E-state index in [-0.39, 0.29) is 16.8 Å². The average Bonchev–Trinajstić information content (AvgIpc) is 4.18. The summed E-state index contributed by atoms with van der Waals surface area (Å²) in [6.07, 6.45) is 5.28. The summed E-state index contributed by atoms with van der Waals surface area (Å²) in [7, 11) is 10.3. The number of aromatic nitrogens is 6. The predicted octanol–water partition coefficient (Wildman–Crippen LogP) is 9.72. The van der Waals surface area contributed by atoms with E-state index in [1.807, 2.05) is 104 Å². The van der Waals surface area contributed by atoms with Crippen molar-refractivity contribution >= 4 is 84.0 Å². The van der Waals surface area contributed by atoms with Crippen molar-refractivity contribution in [3.05, 3.63) is 70.3 Å². The summed E-state index contributed by atoms with van der Waals surface area (Å²) >= 11 is 17.5. The molecule has 6 aliphatic rings.